The average Bonchev–Trinajstić information content (AvgIpc) is 2.69. The molecule has 0 fully saturated rings. The summed E-state index contributed by atoms with van der Waals surface area (Å²) in [4.78, 5) is 36.1. The zero-order valence-electron chi connectivity index (χ0n) is 16.5. The number of anilines is 1. The number of rotatable bonds is 4. The number of aromatic amines is 1. The van der Waals surface area contributed by atoms with Crippen molar-refractivity contribution in [2.45, 2.75) is 39.5 Å². The monoisotopic (exact) mass is 376 g/mol. The molecule has 1 aromatic carbocycles. The van der Waals surface area contributed by atoms with Gasteiger partial charge in [0, 0.05) is 29.9 Å². The summed E-state index contributed by atoms with van der Waals surface area (Å²) in [5.41, 5.74) is 2.85. The van der Waals surface area contributed by atoms with Crippen LogP contribution in [0.4, 0.5) is 5.69 Å². The second-order valence-corrected chi connectivity index (χ2v) is 7.62. The van der Waals surface area contributed by atoms with Gasteiger partial charge in [-0.2, -0.15) is 0 Å². The van der Waals surface area contributed by atoms with E-state index in [1.807, 2.05) is 19.1 Å². The molecule has 0 saturated carbocycles. The number of amides is 1. The first kappa shape index (κ1) is 19.5. The van der Waals surface area contributed by atoms with E-state index in [1.54, 1.807) is 36.7 Å². The second kappa shape index (κ2) is 7.76. The summed E-state index contributed by atoms with van der Waals surface area (Å²) in [7, 11) is 0. The Kier molecular flexibility index (Phi) is 5.40. The lowest BCUT2D eigenvalue weighted by atomic mass is 9.87. The number of aromatic nitrogens is 3. The molecule has 3 aromatic rings. The van der Waals surface area contributed by atoms with Gasteiger partial charge in [0.1, 0.15) is 11.5 Å². The molecule has 144 valence electrons. The fraction of sp³-hybridized carbons (Fsp3) is 0.273. The molecular weight excluding hydrogens is 352 g/mol. The Hall–Kier alpha value is -3.28. The number of carbonyl (C=O) groups is 1. The maximum atomic E-state index is 12.6. The van der Waals surface area contributed by atoms with Gasteiger partial charge in [0.05, 0.1) is 5.69 Å². The predicted molar refractivity (Wildman–Crippen MR) is 111 cm³/mol. The van der Waals surface area contributed by atoms with Crippen molar-refractivity contribution in [1.29, 1.82) is 0 Å². The summed E-state index contributed by atoms with van der Waals surface area (Å²) in [6.45, 7) is 8.32. The zero-order chi connectivity index (χ0) is 20.3. The second-order valence-electron chi connectivity index (χ2n) is 7.62. The van der Waals surface area contributed by atoms with Crippen molar-refractivity contribution in [2.75, 3.05) is 5.32 Å². The van der Waals surface area contributed by atoms with E-state index in [0.717, 1.165) is 5.56 Å². The Morgan fingerprint density at radius 1 is 1.14 bits per heavy atom. The average molecular weight is 376 g/mol. The molecule has 0 unspecified atom stereocenters. The number of nitrogens with one attached hydrogen (secondary N) is 2. The number of hydrogen-bond acceptors (Lipinski definition) is 4. The van der Waals surface area contributed by atoms with Crippen LogP contribution in [-0.2, 0) is 11.8 Å². The molecule has 6 nitrogen and oxygen atoms in total. The van der Waals surface area contributed by atoms with Crippen LogP contribution in [0.3, 0.4) is 0 Å². The third kappa shape index (κ3) is 4.34. The van der Waals surface area contributed by atoms with Gasteiger partial charge in [0.2, 0.25) is 0 Å². The van der Waals surface area contributed by atoms with Gasteiger partial charge < -0.3 is 10.3 Å². The maximum Gasteiger partial charge on any atom is 0.271 e. The normalized spacial score (nSPS) is 11.3. The molecule has 0 aliphatic heterocycles. The molecule has 28 heavy (non-hydrogen) atoms. The SMILES string of the molecule is CCc1nccc(-c2c[nH]c(=O)c(NC(=O)c3ccc(C(C)(C)C)cc3)c2)n1. The van der Waals surface area contributed by atoms with E-state index < -0.39 is 0 Å². The Bertz CT molecular complexity index is 1050. The van der Waals surface area contributed by atoms with Gasteiger partial charge >= 0.3 is 0 Å². The molecule has 2 N–H and O–H groups in total. The third-order valence-corrected chi connectivity index (χ3v) is 4.48. The Morgan fingerprint density at radius 2 is 1.86 bits per heavy atom. The van der Waals surface area contributed by atoms with Crippen molar-refractivity contribution >= 4 is 11.6 Å². The number of H-pyrrole nitrogens is 1. The lowest BCUT2D eigenvalue weighted by Crippen LogP contribution is -2.20. The molecule has 0 bridgehead atoms. The highest BCUT2D eigenvalue weighted by Crippen LogP contribution is 2.22. The quantitative estimate of drug-likeness (QED) is 0.722. The number of nitrogens with zero attached hydrogens (tertiary/aromatic N) is 2. The summed E-state index contributed by atoms with van der Waals surface area (Å²) >= 11 is 0. The van der Waals surface area contributed by atoms with Crippen molar-refractivity contribution in [1.82, 2.24) is 15.0 Å². The summed E-state index contributed by atoms with van der Waals surface area (Å²) in [6.07, 6.45) is 3.98. The van der Waals surface area contributed by atoms with Crippen molar-refractivity contribution in [3.8, 4) is 11.3 Å². The first-order chi connectivity index (χ1) is 13.3. The molecule has 0 spiro atoms. The van der Waals surface area contributed by atoms with Gasteiger partial charge in [-0.05, 0) is 35.2 Å². The smallest absolute Gasteiger partial charge is 0.271 e. The van der Waals surface area contributed by atoms with Gasteiger partial charge in [0.15, 0.2) is 0 Å². The van der Waals surface area contributed by atoms with Crippen LogP contribution in [0.1, 0.15) is 49.4 Å². The van der Waals surface area contributed by atoms with Crippen molar-refractivity contribution in [3.05, 3.63) is 76.1 Å². The number of pyridine rings is 1. The first-order valence-electron chi connectivity index (χ1n) is 9.25. The molecule has 2 heterocycles. The largest absolute Gasteiger partial charge is 0.327 e. The standard InChI is InChI=1S/C22H24N4O2/c1-5-19-23-11-10-17(25-19)15-12-18(21(28)24-13-15)26-20(27)14-6-8-16(9-7-14)22(2,3)4/h6-13H,5H2,1-4H3,(H,24,28)(H,26,27). The summed E-state index contributed by atoms with van der Waals surface area (Å²) < 4.78 is 0. The van der Waals surface area contributed by atoms with E-state index in [0.29, 0.717) is 29.1 Å². The minimum atomic E-state index is -0.367. The van der Waals surface area contributed by atoms with Crippen LogP contribution in [0.5, 0.6) is 0 Å². The molecule has 6 heteroatoms. The van der Waals surface area contributed by atoms with Gasteiger partial charge in [0.25, 0.3) is 11.5 Å². The lowest BCUT2D eigenvalue weighted by molar-refractivity contribution is 0.102. The zero-order valence-corrected chi connectivity index (χ0v) is 16.5. The van der Waals surface area contributed by atoms with Crippen molar-refractivity contribution in [2.24, 2.45) is 0 Å². The van der Waals surface area contributed by atoms with E-state index in [-0.39, 0.29) is 22.6 Å². The minimum Gasteiger partial charge on any atom is -0.327 e. The van der Waals surface area contributed by atoms with Crippen LogP contribution < -0.4 is 10.9 Å². The summed E-state index contributed by atoms with van der Waals surface area (Å²) in [5, 5.41) is 2.70. The molecule has 0 saturated heterocycles. The predicted octanol–water partition coefficient (Wildman–Crippen LogP) is 3.94. The van der Waals surface area contributed by atoms with E-state index >= 15 is 0 Å². The Balaban J connectivity index is 1.85. The van der Waals surface area contributed by atoms with Gasteiger partial charge in [-0.15, -0.1) is 0 Å². The third-order valence-electron chi connectivity index (χ3n) is 4.48. The molecular formula is C22H24N4O2. The highest BCUT2D eigenvalue weighted by Gasteiger charge is 2.15. The van der Waals surface area contributed by atoms with E-state index in [4.69, 9.17) is 0 Å². The topological polar surface area (TPSA) is 87.7 Å². The number of benzene rings is 1. The van der Waals surface area contributed by atoms with Crippen LogP contribution in [0.25, 0.3) is 11.3 Å². The summed E-state index contributed by atoms with van der Waals surface area (Å²) in [6, 6.07) is 10.8. The van der Waals surface area contributed by atoms with Crippen molar-refractivity contribution < 1.29 is 4.79 Å². The molecule has 2 aromatic heterocycles. The number of carbonyl (C=O) groups excluding carboxylic acids is 1. The molecule has 0 atom stereocenters. The lowest BCUT2D eigenvalue weighted by Gasteiger charge is -2.19. The fourth-order valence-corrected chi connectivity index (χ4v) is 2.77. The molecule has 0 aliphatic rings. The van der Waals surface area contributed by atoms with E-state index in [2.05, 4.69) is 41.0 Å². The maximum absolute atomic E-state index is 12.6. The van der Waals surface area contributed by atoms with E-state index in [9.17, 15) is 9.59 Å². The van der Waals surface area contributed by atoms with E-state index in [1.165, 1.54) is 0 Å². The van der Waals surface area contributed by atoms with Gasteiger partial charge in [-0.1, -0.05) is 39.8 Å². The molecule has 0 radical (unpaired) electrons. The highest BCUT2D eigenvalue weighted by atomic mass is 16.2. The molecule has 3 rings (SSSR count). The number of aryl methyl sites for hydroxylation is 1. The Labute approximate surface area is 164 Å². The number of hydrogen-bond donors (Lipinski definition) is 2. The molecule has 1 amide bonds. The van der Waals surface area contributed by atoms with Gasteiger partial charge in [-0.25, -0.2) is 9.97 Å². The van der Waals surface area contributed by atoms with Gasteiger partial charge in [-0.3, -0.25) is 9.59 Å². The van der Waals surface area contributed by atoms with Crippen molar-refractivity contribution in [3.63, 3.8) is 0 Å². The highest BCUT2D eigenvalue weighted by molar-refractivity contribution is 6.04. The van der Waals surface area contributed by atoms with Crippen LogP contribution in [0, 0.1) is 0 Å². The Morgan fingerprint density at radius 3 is 2.50 bits per heavy atom. The minimum absolute atomic E-state index is 0.00929. The van der Waals surface area contributed by atoms with Crippen LogP contribution in [-0.4, -0.2) is 20.9 Å². The summed E-state index contributed by atoms with van der Waals surface area (Å²) in [5.74, 6) is 0.383. The van der Waals surface area contributed by atoms with Crippen LogP contribution in [0.2, 0.25) is 0 Å². The first-order valence-corrected chi connectivity index (χ1v) is 9.25. The van der Waals surface area contributed by atoms with Crippen LogP contribution in [0.15, 0.2) is 53.6 Å². The fourth-order valence-electron chi connectivity index (χ4n) is 2.77. The van der Waals surface area contributed by atoms with Crippen LogP contribution >= 0.6 is 0 Å². The molecule has 0 aliphatic carbocycles.